The molecule has 0 aromatic rings. The smallest absolute Gasteiger partial charge is 0.333 e. The van der Waals surface area contributed by atoms with E-state index in [1.807, 2.05) is 0 Å². The first-order chi connectivity index (χ1) is 22.7. The lowest BCUT2D eigenvalue weighted by Crippen LogP contribution is -2.15. The van der Waals surface area contributed by atoms with Crippen LogP contribution in [0.3, 0.4) is 0 Å². The third-order valence-corrected chi connectivity index (χ3v) is 7.06. The van der Waals surface area contributed by atoms with Gasteiger partial charge in [0.25, 0.3) is 0 Å². The van der Waals surface area contributed by atoms with E-state index >= 15 is 0 Å². The number of ether oxygens (including phenoxy) is 9. The minimum atomic E-state index is -0.405. The SMILES string of the molecule is C=C(C)C(=O)OCCOCCOCCOCCOCCOCCOCCOCCOCCCCCCCCCCCCCCCC. The van der Waals surface area contributed by atoms with Crippen LogP contribution in [0.5, 0.6) is 0 Å². The Hall–Kier alpha value is -1.11. The summed E-state index contributed by atoms with van der Waals surface area (Å²) in [5, 5.41) is 0. The fourth-order valence-electron chi connectivity index (χ4n) is 4.36. The van der Waals surface area contributed by atoms with Gasteiger partial charge in [0, 0.05) is 12.2 Å². The molecule has 0 saturated carbocycles. The first-order valence-electron chi connectivity index (χ1n) is 18.1. The van der Waals surface area contributed by atoms with Crippen molar-refractivity contribution in [2.24, 2.45) is 0 Å². The van der Waals surface area contributed by atoms with Gasteiger partial charge in [-0.05, 0) is 13.3 Å². The highest BCUT2D eigenvalue weighted by molar-refractivity contribution is 5.86. The molecule has 0 aromatic heterocycles. The first kappa shape index (κ1) is 44.9. The van der Waals surface area contributed by atoms with Crippen molar-refractivity contribution >= 4 is 5.97 Å². The maximum atomic E-state index is 11.2. The Morgan fingerprint density at radius 1 is 0.370 bits per heavy atom. The molecule has 46 heavy (non-hydrogen) atoms. The zero-order chi connectivity index (χ0) is 33.4. The third-order valence-electron chi connectivity index (χ3n) is 7.06. The molecule has 0 radical (unpaired) electrons. The minimum Gasteiger partial charge on any atom is -0.460 e. The second-order valence-electron chi connectivity index (χ2n) is 11.4. The zero-order valence-electron chi connectivity index (χ0n) is 29.7. The fourth-order valence-corrected chi connectivity index (χ4v) is 4.36. The maximum absolute atomic E-state index is 11.2. The van der Waals surface area contributed by atoms with Crippen molar-refractivity contribution in [2.45, 2.75) is 104 Å². The van der Waals surface area contributed by atoms with E-state index in [4.69, 9.17) is 42.6 Å². The molecule has 0 N–H and O–H groups in total. The lowest BCUT2D eigenvalue weighted by molar-refractivity contribution is -0.140. The van der Waals surface area contributed by atoms with Crippen LogP contribution in [0.25, 0.3) is 0 Å². The summed E-state index contributed by atoms with van der Waals surface area (Å²) < 4.78 is 48.8. The molecular weight excluding hydrogens is 592 g/mol. The predicted molar refractivity (Wildman–Crippen MR) is 183 cm³/mol. The van der Waals surface area contributed by atoms with Crippen LogP contribution in [0, 0.1) is 0 Å². The zero-order valence-corrected chi connectivity index (χ0v) is 29.7. The van der Waals surface area contributed by atoms with Crippen LogP contribution in [-0.4, -0.2) is 118 Å². The van der Waals surface area contributed by atoms with E-state index in [2.05, 4.69) is 13.5 Å². The van der Waals surface area contributed by atoms with Crippen LogP contribution >= 0.6 is 0 Å². The molecule has 0 aliphatic rings. The number of carbonyl (C=O) groups excluding carboxylic acids is 1. The van der Waals surface area contributed by atoms with Crippen molar-refractivity contribution in [2.75, 3.05) is 112 Å². The van der Waals surface area contributed by atoms with Crippen LogP contribution < -0.4 is 0 Å². The Balaban J connectivity index is 3.06. The molecule has 0 heterocycles. The molecule has 0 amide bonds. The van der Waals surface area contributed by atoms with Crippen LogP contribution in [0.2, 0.25) is 0 Å². The van der Waals surface area contributed by atoms with Gasteiger partial charge in [-0.3, -0.25) is 0 Å². The van der Waals surface area contributed by atoms with Crippen molar-refractivity contribution in [3.8, 4) is 0 Å². The second kappa shape index (κ2) is 40.1. The quantitative estimate of drug-likeness (QED) is 0.0399. The molecule has 0 saturated heterocycles. The summed E-state index contributed by atoms with van der Waals surface area (Å²) >= 11 is 0. The minimum absolute atomic E-state index is 0.208. The molecule has 0 spiro atoms. The summed E-state index contributed by atoms with van der Waals surface area (Å²) in [6.45, 7) is 16.1. The van der Waals surface area contributed by atoms with Crippen LogP contribution in [0.15, 0.2) is 12.2 Å². The van der Waals surface area contributed by atoms with Gasteiger partial charge in [-0.2, -0.15) is 0 Å². The summed E-state index contributed by atoms with van der Waals surface area (Å²) in [4.78, 5) is 11.2. The van der Waals surface area contributed by atoms with Gasteiger partial charge in [-0.15, -0.1) is 0 Å². The molecule has 10 heteroatoms. The van der Waals surface area contributed by atoms with Gasteiger partial charge < -0.3 is 42.6 Å². The number of unbranched alkanes of at least 4 members (excludes halogenated alkanes) is 13. The lowest BCUT2D eigenvalue weighted by Gasteiger charge is -2.09. The molecule has 10 nitrogen and oxygen atoms in total. The largest absolute Gasteiger partial charge is 0.460 e. The molecule has 0 aliphatic carbocycles. The Kier molecular flexibility index (Phi) is 39.1. The normalized spacial score (nSPS) is 11.3. The lowest BCUT2D eigenvalue weighted by atomic mass is 10.0. The predicted octanol–water partition coefficient (Wildman–Crippen LogP) is 6.72. The van der Waals surface area contributed by atoms with Gasteiger partial charge in [0.2, 0.25) is 0 Å². The summed E-state index contributed by atoms with van der Waals surface area (Å²) in [5.41, 5.74) is 0.377. The average Bonchev–Trinajstić information content (AvgIpc) is 3.05. The van der Waals surface area contributed by atoms with E-state index in [1.165, 1.54) is 83.5 Å². The summed E-state index contributed by atoms with van der Waals surface area (Å²) in [6, 6.07) is 0. The highest BCUT2D eigenvalue weighted by Gasteiger charge is 2.02. The molecule has 0 atom stereocenters. The molecular formula is C36H70O10. The van der Waals surface area contributed by atoms with E-state index in [9.17, 15) is 4.79 Å². The molecule has 274 valence electrons. The van der Waals surface area contributed by atoms with E-state index < -0.39 is 5.97 Å². The highest BCUT2D eigenvalue weighted by Crippen LogP contribution is 2.13. The van der Waals surface area contributed by atoms with Crippen molar-refractivity contribution in [1.82, 2.24) is 0 Å². The van der Waals surface area contributed by atoms with Crippen molar-refractivity contribution in [1.29, 1.82) is 0 Å². The molecule has 0 aliphatic heterocycles. The van der Waals surface area contributed by atoms with Crippen LogP contribution in [0.1, 0.15) is 104 Å². The van der Waals surface area contributed by atoms with E-state index in [0.717, 1.165) is 13.0 Å². The van der Waals surface area contributed by atoms with Crippen molar-refractivity contribution < 1.29 is 47.4 Å². The number of hydrogen-bond donors (Lipinski definition) is 0. The standard InChI is InChI=1S/C36H70O10/c1-4-5-6-7-8-9-10-11-12-13-14-15-16-17-18-38-19-20-39-21-22-40-23-24-41-25-26-42-27-28-43-29-30-44-31-32-45-33-34-46-36(37)35(2)3/h2,4-34H2,1,3H3. The average molecular weight is 663 g/mol. The molecule has 0 fully saturated rings. The van der Waals surface area contributed by atoms with E-state index in [1.54, 1.807) is 6.92 Å². The number of hydrogen-bond acceptors (Lipinski definition) is 10. The summed E-state index contributed by atoms with van der Waals surface area (Å²) in [5.74, 6) is -0.405. The number of rotatable bonds is 40. The monoisotopic (exact) mass is 662 g/mol. The van der Waals surface area contributed by atoms with Gasteiger partial charge in [0.1, 0.15) is 6.61 Å². The number of esters is 1. The van der Waals surface area contributed by atoms with Crippen LogP contribution in [0.4, 0.5) is 0 Å². The topological polar surface area (TPSA) is 100 Å². The summed E-state index contributed by atoms with van der Waals surface area (Å²) in [7, 11) is 0. The molecule has 0 unspecified atom stereocenters. The highest BCUT2D eigenvalue weighted by atomic mass is 16.6. The second-order valence-corrected chi connectivity index (χ2v) is 11.4. The van der Waals surface area contributed by atoms with Crippen LogP contribution in [-0.2, 0) is 47.4 Å². The molecule has 0 bridgehead atoms. The van der Waals surface area contributed by atoms with Gasteiger partial charge in [0.05, 0.1) is 99.1 Å². The van der Waals surface area contributed by atoms with Gasteiger partial charge in [-0.25, -0.2) is 4.79 Å². The fraction of sp³-hybridized carbons (Fsp3) is 0.917. The Labute approximate surface area is 281 Å². The van der Waals surface area contributed by atoms with E-state index in [0.29, 0.717) is 105 Å². The Bertz CT molecular complexity index is 620. The maximum Gasteiger partial charge on any atom is 0.333 e. The summed E-state index contributed by atoms with van der Waals surface area (Å²) in [6.07, 6.45) is 19.2. The van der Waals surface area contributed by atoms with E-state index in [-0.39, 0.29) is 6.61 Å². The van der Waals surface area contributed by atoms with Gasteiger partial charge >= 0.3 is 5.97 Å². The molecule has 0 aromatic carbocycles. The Morgan fingerprint density at radius 3 is 0.891 bits per heavy atom. The molecule has 0 rings (SSSR count). The van der Waals surface area contributed by atoms with Gasteiger partial charge in [-0.1, -0.05) is 97.0 Å². The third kappa shape index (κ3) is 39.1. The van der Waals surface area contributed by atoms with Gasteiger partial charge in [0.15, 0.2) is 0 Å². The number of carbonyl (C=O) groups is 1. The van der Waals surface area contributed by atoms with Crippen molar-refractivity contribution in [3.05, 3.63) is 12.2 Å². The van der Waals surface area contributed by atoms with Crippen molar-refractivity contribution in [3.63, 3.8) is 0 Å². The first-order valence-corrected chi connectivity index (χ1v) is 18.1. The Morgan fingerprint density at radius 2 is 0.609 bits per heavy atom.